The third-order valence-electron chi connectivity index (χ3n) is 2.97. The molecule has 0 amide bonds. The van der Waals surface area contributed by atoms with Gasteiger partial charge in [-0.3, -0.25) is 4.72 Å². The van der Waals surface area contributed by atoms with E-state index in [1.807, 2.05) is 19.2 Å². The lowest BCUT2D eigenvalue weighted by molar-refractivity contribution is 0.601. The molecule has 0 saturated heterocycles. The molecule has 2 rings (SSSR count). The molecular formula is C15H17ClN2O2S. The maximum atomic E-state index is 12.3. The maximum absolute atomic E-state index is 12.3. The molecule has 0 heterocycles. The molecule has 0 unspecified atom stereocenters. The van der Waals surface area contributed by atoms with Gasteiger partial charge in [-0.05, 0) is 55.9 Å². The lowest BCUT2D eigenvalue weighted by Gasteiger charge is -2.09. The Hall–Kier alpha value is -1.56. The van der Waals surface area contributed by atoms with Gasteiger partial charge in [0, 0.05) is 5.02 Å². The molecule has 0 aliphatic heterocycles. The number of rotatable bonds is 6. The van der Waals surface area contributed by atoms with Crippen LogP contribution in [0.1, 0.15) is 5.56 Å². The third kappa shape index (κ3) is 4.46. The van der Waals surface area contributed by atoms with Gasteiger partial charge in [-0.1, -0.05) is 29.8 Å². The van der Waals surface area contributed by atoms with Crippen molar-refractivity contribution in [2.75, 3.05) is 18.3 Å². The van der Waals surface area contributed by atoms with E-state index in [2.05, 4.69) is 10.0 Å². The zero-order chi connectivity index (χ0) is 15.3. The van der Waals surface area contributed by atoms with Crippen LogP contribution in [-0.2, 0) is 16.4 Å². The second-order valence-electron chi connectivity index (χ2n) is 4.61. The van der Waals surface area contributed by atoms with Gasteiger partial charge in [-0.15, -0.1) is 0 Å². The third-order valence-corrected chi connectivity index (χ3v) is 4.61. The standard InChI is InChI=1S/C15H17ClN2O2S/c1-17-10-9-12-5-7-15(8-6-12)21(19,20)18-14-4-2-3-13(16)11-14/h2-8,11,17-18H,9-10H2,1H3. The summed E-state index contributed by atoms with van der Waals surface area (Å²) in [5.74, 6) is 0. The fraction of sp³-hybridized carbons (Fsp3) is 0.200. The van der Waals surface area contributed by atoms with E-state index in [4.69, 9.17) is 11.6 Å². The van der Waals surface area contributed by atoms with Crippen LogP contribution in [0.15, 0.2) is 53.4 Å². The van der Waals surface area contributed by atoms with Gasteiger partial charge in [0.25, 0.3) is 10.0 Å². The molecule has 6 heteroatoms. The summed E-state index contributed by atoms with van der Waals surface area (Å²) in [5.41, 5.74) is 1.54. The zero-order valence-electron chi connectivity index (χ0n) is 11.6. The topological polar surface area (TPSA) is 58.2 Å². The molecule has 2 N–H and O–H groups in total. The largest absolute Gasteiger partial charge is 0.319 e. The average Bonchev–Trinajstić information content (AvgIpc) is 2.45. The first-order chi connectivity index (χ1) is 10.0. The van der Waals surface area contributed by atoms with E-state index in [1.165, 1.54) is 0 Å². The van der Waals surface area contributed by atoms with Gasteiger partial charge >= 0.3 is 0 Å². The van der Waals surface area contributed by atoms with E-state index in [1.54, 1.807) is 36.4 Å². The Balaban J connectivity index is 2.15. The van der Waals surface area contributed by atoms with Crippen LogP contribution in [-0.4, -0.2) is 22.0 Å². The van der Waals surface area contributed by atoms with Crippen molar-refractivity contribution in [3.63, 3.8) is 0 Å². The molecule has 0 spiro atoms. The van der Waals surface area contributed by atoms with Gasteiger partial charge in [-0.2, -0.15) is 0 Å². The zero-order valence-corrected chi connectivity index (χ0v) is 13.2. The second kappa shape index (κ2) is 6.93. The van der Waals surface area contributed by atoms with Crippen molar-refractivity contribution in [3.05, 3.63) is 59.1 Å². The Morgan fingerprint density at radius 1 is 1.10 bits per heavy atom. The van der Waals surface area contributed by atoms with Gasteiger partial charge in [-0.25, -0.2) is 8.42 Å². The SMILES string of the molecule is CNCCc1ccc(S(=O)(=O)Nc2cccc(Cl)c2)cc1. The van der Waals surface area contributed by atoms with Crippen LogP contribution in [0.4, 0.5) is 5.69 Å². The van der Waals surface area contributed by atoms with E-state index in [-0.39, 0.29) is 4.90 Å². The summed E-state index contributed by atoms with van der Waals surface area (Å²) in [5, 5.41) is 3.54. The van der Waals surface area contributed by atoms with E-state index < -0.39 is 10.0 Å². The van der Waals surface area contributed by atoms with Gasteiger partial charge in [0.1, 0.15) is 0 Å². The number of sulfonamides is 1. The van der Waals surface area contributed by atoms with Crippen molar-refractivity contribution in [1.29, 1.82) is 0 Å². The number of benzene rings is 2. The number of nitrogens with one attached hydrogen (secondary N) is 2. The van der Waals surface area contributed by atoms with Crippen molar-refractivity contribution in [2.45, 2.75) is 11.3 Å². The minimum atomic E-state index is -3.59. The van der Waals surface area contributed by atoms with E-state index >= 15 is 0 Å². The molecule has 0 aliphatic carbocycles. The minimum absolute atomic E-state index is 0.232. The molecule has 0 aliphatic rings. The van der Waals surface area contributed by atoms with Crippen LogP contribution >= 0.6 is 11.6 Å². The Labute approximate surface area is 130 Å². The summed E-state index contributed by atoms with van der Waals surface area (Å²) in [4.78, 5) is 0.232. The number of hydrogen-bond donors (Lipinski definition) is 2. The van der Waals surface area contributed by atoms with E-state index in [0.717, 1.165) is 18.5 Å². The first-order valence-electron chi connectivity index (χ1n) is 6.53. The molecule has 21 heavy (non-hydrogen) atoms. The smallest absolute Gasteiger partial charge is 0.261 e. The highest BCUT2D eigenvalue weighted by atomic mass is 35.5. The average molecular weight is 325 g/mol. The van der Waals surface area contributed by atoms with Crippen LogP contribution in [0.3, 0.4) is 0 Å². The van der Waals surface area contributed by atoms with Crippen molar-refractivity contribution in [3.8, 4) is 0 Å². The molecule has 4 nitrogen and oxygen atoms in total. The predicted molar refractivity (Wildman–Crippen MR) is 86.3 cm³/mol. The maximum Gasteiger partial charge on any atom is 0.261 e. The van der Waals surface area contributed by atoms with Gasteiger partial charge in [0.2, 0.25) is 0 Å². The molecule has 0 atom stereocenters. The fourth-order valence-electron chi connectivity index (χ4n) is 1.87. The first kappa shape index (κ1) is 15.8. The molecule has 2 aromatic carbocycles. The predicted octanol–water partition coefficient (Wildman–Crippen LogP) is 2.90. The lowest BCUT2D eigenvalue weighted by atomic mass is 10.1. The van der Waals surface area contributed by atoms with Gasteiger partial charge in [0.15, 0.2) is 0 Å². The van der Waals surface area contributed by atoms with Crippen LogP contribution in [0, 0.1) is 0 Å². The fourth-order valence-corrected chi connectivity index (χ4v) is 3.11. The molecule has 0 saturated carbocycles. The molecule has 0 aromatic heterocycles. The molecule has 0 bridgehead atoms. The van der Waals surface area contributed by atoms with Crippen molar-refractivity contribution >= 4 is 27.3 Å². The van der Waals surface area contributed by atoms with Gasteiger partial charge < -0.3 is 5.32 Å². The summed E-state index contributed by atoms with van der Waals surface area (Å²) >= 11 is 5.85. The van der Waals surface area contributed by atoms with E-state index in [0.29, 0.717) is 10.7 Å². The summed E-state index contributed by atoms with van der Waals surface area (Å²) in [6, 6.07) is 13.5. The lowest BCUT2D eigenvalue weighted by Crippen LogP contribution is -2.13. The summed E-state index contributed by atoms with van der Waals surface area (Å²) in [7, 11) is -1.71. The van der Waals surface area contributed by atoms with Gasteiger partial charge in [0.05, 0.1) is 10.6 Å². The minimum Gasteiger partial charge on any atom is -0.319 e. The van der Waals surface area contributed by atoms with Crippen LogP contribution < -0.4 is 10.0 Å². The number of hydrogen-bond acceptors (Lipinski definition) is 3. The van der Waals surface area contributed by atoms with Crippen LogP contribution in [0.25, 0.3) is 0 Å². The molecule has 0 radical (unpaired) electrons. The van der Waals surface area contributed by atoms with Crippen LogP contribution in [0.5, 0.6) is 0 Å². The summed E-state index contributed by atoms with van der Waals surface area (Å²) in [6.07, 6.45) is 0.860. The molecule has 2 aromatic rings. The number of anilines is 1. The molecule has 112 valence electrons. The normalized spacial score (nSPS) is 11.3. The highest BCUT2D eigenvalue weighted by Crippen LogP contribution is 2.19. The van der Waals surface area contributed by atoms with Crippen molar-refractivity contribution in [2.24, 2.45) is 0 Å². The van der Waals surface area contributed by atoms with E-state index in [9.17, 15) is 8.42 Å². The summed E-state index contributed by atoms with van der Waals surface area (Å²) < 4.78 is 27.1. The highest BCUT2D eigenvalue weighted by Gasteiger charge is 2.14. The Morgan fingerprint density at radius 2 is 1.81 bits per heavy atom. The first-order valence-corrected chi connectivity index (χ1v) is 8.39. The Morgan fingerprint density at radius 3 is 2.43 bits per heavy atom. The number of likely N-dealkylation sites (N-methyl/N-ethyl adjacent to an activating group) is 1. The van der Waals surface area contributed by atoms with Crippen molar-refractivity contribution in [1.82, 2.24) is 5.32 Å². The Kier molecular flexibility index (Phi) is 5.22. The summed E-state index contributed by atoms with van der Waals surface area (Å²) in [6.45, 7) is 0.854. The quantitative estimate of drug-likeness (QED) is 0.859. The monoisotopic (exact) mass is 324 g/mol. The molecule has 0 fully saturated rings. The molecular weight excluding hydrogens is 308 g/mol. The number of halogens is 1. The van der Waals surface area contributed by atoms with Crippen molar-refractivity contribution < 1.29 is 8.42 Å². The highest BCUT2D eigenvalue weighted by molar-refractivity contribution is 7.92. The van der Waals surface area contributed by atoms with Crippen LogP contribution in [0.2, 0.25) is 5.02 Å². The Bertz CT molecular complexity index is 700. The second-order valence-corrected chi connectivity index (χ2v) is 6.73.